The lowest BCUT2D eigenvalue weighted by Gasteiger charge is -1.94. The first-order valence-corrected chi connectivity index (χ1v) is 3.57. The summed E-state index contributed by atoms with van der Waals surface area (Å²) < 4.78 is 0. The molecule has 3 heteroatoms. The molecule has 0 aliphatic heterocycles. The third-order valence-electron chi connectivity index (χ3n) is 1.16. The van der Waals surface area contributed by atoms with Gasteiger partial charge in [-0.2, -0.15) is 0 Å². The molecule has 0 amide bonds. The van der Waals surface area contributed by atoms with Crippen LogP contribution in [-0.2, 0) is 0 Å². The van der Waals surface area contributed by atoms with E-state index in [2.05, 4.69) is 0 Å². The zero-order valence-electron chi connectivity index (χ0n) is 6.16. The Labute approximate surface area is 61.7 Å². The summed E-state index contributed by atoms with van der Waals surface area (Å²) in [4.78, 5) is 0. The summed E-state index contributed by atoms with van der Waals surface area (Å²) in [5, 5.41) is 8.58. The van der Waals surface area contributed by atoms with Gasteiger partial charge in [0.05, 0.1) is 0 Å². The zero-order chi connectivity index (χ0) is 7.82. The van der Waals surface area contributed by atoms with Crippen molar-refractivity contribution in [2.24, 2.45) is 11.5 Å². The van der Waals surface area contributed by atoms with Crippen molar-refractivity contribution >= 4 is 0 Å². The Hall–Kier alpha value is -0.380. The predicted molar refractivity (Wildman–Crippen MR) is 42.2 cm³/mol. The van der Waals surface area contributed by atoms with Gasteiger partial charge in [-0.15, -0.1) is 0 Å². The van der Waals surface area contributed by atoms with Crippen LogP contribution in [-0.4, -0.2) is 17.9 Å². The van der Waals surface area contributed by atoms with E-state index in [0.717, 1.165) is 25.8 Å². The van der Waals surface area contributed by atoms with E-state index in [9.17, 15) is 0 Å². The maximum Gasteiger partial charge on any atom is 0.121 e. The molecule has 10 heavy (non-hydrogen) atoms. The lowest BCUT2D eigenvalue weighted by molar-refractivity contribution is 0.231. The number of nitrogens with two attached hydrogens (primary N) is 2. The van der Waals surface area contributed by atoms with Crippen molar-refractivity contribution in [3.8, 4) is 0 Å². The van der Waals surface area contributed by atoms with Gasteiger partial charge in [-0.25, -0.2) is 0 Å². The number of unbranched alkanes of at least 4 members (excludes halogenated alkanes) is 2. The summed E-state index contributed by atoms with van der Waals surface area (Å²) >= 11 is 0. The Morgan fingerprint density at radius 2 is 2.10 bits per heavy atom. The highest BCUT2D eigenvalue weighted by molar-refractivity contribution is 4.85. The van der Waals surface area contributed by atoms with Crippen molar-refractivity contribution in [1.82, 2.24) is 0 Å². The van der Waals surface area contributed by atoms with Gasteiger partial charge in [-0.1, -0.05) is 6.08 Å². The first-order chi connectivity index (χ1) is 4.77. The van der Waals surface area contributed by atoms with E-state index in [1.54, 1.807) is 6.08 Å². The van der Waals surface area contributed by atoms with E-state index < -0.39 is 6.23 Å². The molecule has 3 nitrogen and oxygen atoms in total. The van der Waals surface area contributed by atoms with Gasteiger partial charge in [0.2, 0.25) is 0 Å². The Bertz CT molecular complexity index is 91.6. The van der Waals surface area contributed by atoms with Crippen molar-refractivity contribution in [1.29, 1.82) is 0 Å². The first-order valence-electron chi connectivity index (χ1n) is 3.57. The number of hydrogen-bond acceptors (Lipinski definition) is 3. The second kappa shape index (κ2) is 6.74. The summed E-state index contributed by atoms with van der Waals surface area (Å²) in [5.74, 6) is 0. The maximum absolute atomic E-state index is 8.58. The smallest absolute Gasteiger partial charge is 0.121 e. The fourth-order valence-electron chi connectivity index (χ4n) is 0.642. The van der Waals surface area contributed by atoms with Crippen LogP contribution in [0.4, 0.5) is 0 Å². The minimum atomic E-state index is -0.808. The Balaban J connectivity index is 3.02. The largest absolute Gasteiger partial charge is 0.375 e. The van der Waals surface area contributed by atoms with Crippen molar-refractivity contribution in [3.05, 3.63) is 12.2 Å². The van der Waals surface area contributed by atoms with E-state index in [1.807, 2.05) is 6.08 Å². The first kappa shape index (κ1) is 9.62. The van der Waals surface area contributed by atoms with Gasteiger partial charge in [-0.3, -0.25) is 0 Å². The number of hydrogen-bond donors (Lipinski definition) is 3. The lowest BCUT2D eigenvalue weighted by atomic mass is 10.2. The SMILES string of the molecule is NCCCCC=CC(N)O. The molecular formula is C7H16N2O. The van der Waals surface area contributed by atoms with Gasteiger partial charge in [0, 0.05) is 0 Å². The molecular weight excluding hydrogens is 128 g/mol. The molecule has 1 unspecified atom stereocenters. The Morgan fingerprint density at radius 3 is 2.60 bits per heavy atom. The molecule has 0 saturated heterocycles. The monoisotopic (exact) mass is 144 g/mol. The Kier molecular flexibility index (Phi) is 6.48. The van der Waals surface area contributed by atoms with Gasteiger partial charge in [-0.05, 0) is 31.9 Å². The molecule has 0 aliphatic rings. The molecule has 1 atom stereocenters. The molecule has 0 aliphatic carbocycles. The molecule has 0 saturated carbocycles. The summed E-state index contributed by atoms with van der Waals surface area (Å²) in [6.45, 7) is 0.735. The van der Waals surface area contributed by atoms with E-state index >= 15 is 0 Å². The zero-order valence-corrected chi connectivity index (χ0v) is 6.16. The minimum Gasteiger partial charge on any atom is -0.375 e. The number of allylic oxidation sites excluding steroid dienone is 1. The molecule has 0 aromatic carbocycles. The molecule has 0 rings (SSSR count). The van der Waals surface area contributed by atoms with Crippen LogP contribution in [0.2, 0.25) is 0 Å². The molecule has 0 fully saturated rings. The molecule has 0 aromatic rings. The fraction of sp³-hybridized carbons (Fsp3) is 0.714. The van der Waals surface area contributed by atoms with Crippen LogP contribution in [0.5, 0.6) is 0 Å². The average Bonchev–Trinajstić information content (AvgIpc) is 1.87. The third-order valence-corrected chi connectivity index (χ3v) is 1.16. The van der Waals surface area contributed by atoms with E-state index in [4.69, 9.17) is 16.6 Å². The van der Waals surface area contributed by atoms with Gasteiger partial charge in [0.25, 0.3) is 0 Å². The normalized spacial score (nSPS) is 14.3. The van der Waals surface area contributed by atoms with Crippen LogP contribution >= 0.6 is 0 Å². The number of aliphatic hydroxyl groups excluding tert-OH is 1. The van der Waals surface area contributed by atoms with Crippen molar-refractivity contribution < 1.29 is 5.11 Å². The predicted octanol–water partition coefficient (Wildman–Crippen LogP) is -0.0513. The minimum absolute atomic E-state index is 0.735. The molecule has 0 heterocycles. The van der Waals surface area contributed by atoms with E-state index in [1.165, 1.54) is 0 Å². The van der Waals surface area contributed by atoms with Crippen LogP contribution in [0.25, 0.3) is 0 Å². The maximum atomic E-state index is 8.58. The van der Waals surface area contributed by atoms with Gasteiger partial charge >= 0.3 is 0 Å². The van der Waals surface area contributed by atoms with Crippen LogP contribution in [0, 0.1) is 0 Å². The number of aliphatic hydroxyl groups is 1. The van der Waals surface area contributed by atoms with Crippen LogP contribution in [0.15, 0.2) is 12.2 Å². The quantitative estimate of drug-likeness (QED) is 0.288. The Morgan fingerprint density at radius 1 is 1.40 bits per heavy atom. The standard InChI is InChI=1S/C7H16N2O/c8-6-4-2-1-3-5-7(9)10/h3,5,7,10H,1-2,4,6,8-9H2. The molecule has 60 valence electrons. The summed E-state index contributed by atoms with van der Waals surface area (Å²) in [6.07, 6.45) is 5.70. The van der Waals surface area contributed by atoms with Crippen molar-refractivity contribution in [3.63, 3.8) is 0 Å². The highest BCUT2D eigenvalue weighted by Gasteiger charge is 1.84. The fourth-order valence-corrected chi connectivity index (χ4v) is 0.642. The number of rotatable bonds is 5. The lowest BCUT2D eigenvalue weighted by Crippen LogP contribution is -2.14. The molecule has 0 radical (unpaired) electrons. The van der Waals surface area contributed by atoms with Gasteiger partial charge in [0.1, 0.15) is 6.23 Å². The highest BCUT2D eigenvalue weighted by Crippen LogP contribution is 1.94. The summed E-state index contributed by atoms with van der Waals surface area (Å²) in [5.41, 5.74) is 10.3. The van der Waals surface area contributed by atoms with E-state index in [-0.39, 0.29) is 0 Å². The molecule has 5 N–H and O–H groups in total. The molecule has 0 aromatic heterocycles. The van der Waals surface area contributed by atoms with E-state index in [0.29, 0.717) is 0 Å². The van der Waals surface area contributed by atoms with Gasteiger partial charge < -0.3 is 16.6 Å². The van der Waals surface area contributed by atoms with Crippen LogP contribution < -0.4 is 11.5 Å². The molecule has 0 spiro atoms. The van der Waals surface area contributed by atoms with Gasteiger partial charge in [0.15, 0.2) is 0 Å². The second-order valence-corrected chi connectivity index (χ2v) is 2.20. The van der Waals surface area contributed by atoms with Crippen LogP contribution in [0.3, 0.4) is 0 Å². The third kappa shape index (κ3) is 7.62. The van der Waals surface area contributed by atoms with Crippen LogP contribution in [0.1, 0.15) is 19.3 Å². The molecule has 0 bridgehead atoms. The second-order valence-electron chi connectivity index (χ2n) is 2.20. The topological polar surface area (TPSA) is 72.3 Å². The average molecular weight is 144 g/mol. The van der Waals surface area contributed by atoms with Crippen molar-refractivity contribution in [2.75, 3.05) is 6.54 Å². The highest BCUT2D eigenvalue weighted by atomic mass is 16.3. The summed E-state index contributed by atoms with van der Waals surface area (Å²) in [6, 6.07) is 0. The summed E-state index contributed by atoms with van der Waals surface area (Å²) in [7, 11) is 0. The van der Waals surface area contributed by atoms with Crippen molar-refractivity contribution in [2.45, 2.75) is 25.5 Å².